The molecule has 172 valence electrons. The van der Waals surface area contributed by atoms with Crippen LogP contribution in [0.1, 0.15) is 21.5 Å². The molecule has 0 saturated carbocycles. The van der Waals surface area contributed by atoms with Crippen molar-refractivity contribution in [1.82, 2.24) is 9.97 Å². The van der Waals surface area contributed by atoms with Crippen LogP contribution in [0, 0.1) is 11.6 Å². The number of aromatic nitrogens is 2. The summed E-state index contributed by atoms with van der Waals surface area (Å²) in [5.74, 6) is -2.72. The van der Waals surface area contributed by atoms with Gasteiger partial charge in [-0.25, -0.2) is 18.6 Å². The number of H-pyrrole nitrogens is 1. The summed E-state index contributed by atoms with van der Waals surface area (Å²) in [5.41, 5.74) is -2.36. The quantitative estimate of drug-likeness (QED) is 0.359. The largest absolute Gasteiger partial charge is 0.453 e. The van der Waals surface area contributed by atoms with E-state index in [-0.39, 0.29) is 17.2 Å². The van der Waals surface area contributed by atoms with Gasteiger partial charge in [0, 0.05) is 15.7 Å². The van der Waals surface area contributed by atoms with Crippen LogP contribution in [0.4, 0.5) is 25.2 Å². The fraction of sp³-hybridized carbons (Fsp3) is 0.0870. The maximum absolute atomic E-state index is 15.1. The van der Waals surface area contributed by atoms with Crippen molar-refractivity contribution in [2.75, 3.05) is 17.3 Å². The molecule has 1 aliphatic rings. The van der Waals surface area contributed by atoms with E-state index >= 15 is 4.39 Å². The predicted octanol–water partition coefficient (Wildman–Crippen LogP) is 4.64. The van der Waals surface area contributed by atoms with E-state index in [9.17, 15) is 19.1 Å². The van der Waals surface area contributed by atoms with E-state index in [1.807, 2.05) is 0 Å². The number of ether oxygens (including phenoxy) is 1. The van der Waals surface area contributed by atoms with Crippen molar-refractivity contribution in [3.63, 3.8) is 0 Å². The summed E-state index contributed by atoms with van der Waals surface area (Å²) in [6.45, 7) is 0. The Morgan fingerprint density at radius 2 is 1.94 bits per heavy atom. The standard InChI is InChI=1S/C23H15BrF2N4O4/c1-34-22(32)29-21-27-16-8-5-11(9-17(16)28-21)23(33)19-15(26)7-6-14(25)18(19)20(31)30(23)13-4-2-3-12(24)10-13/h2-10,33H,1H3,(H2,27,28,29,32). The van der Waals surface area contributed by atoms with Crippen molar-refractivity contribution >= 4 is 50.6 Å². The number of rotatable bonds is 3. The van der Waals surface area contributed by atoms with Crippen molar-refractivity contribution in [2.24, 2.45) is 0 Å². The van der Waals surface area contributed by atoms with Gasteiger partial charge in [0.05, 0.1) is 29.3 Å². The Morgan fingerprint density at radius 3 is 2.68 bits per heavy atom. The first-order valence-corrected chi connectivity index (χ1v) is 10.7. The van der Waals surface area contributed by atoms with Crippen LogP contribution in [0.25, 0.3) is 11.0 Å². The van der Waals surface area contributed by atoms with Crippen molar-refractivity contribution in [3.8, 4) is 0 Å². The van der Waals surface area contributed by atoms with Gasteiger partial charge in [0.1, 0.15) is 11.6 Å². The molecular formula is C23H15BrF2N4O4. The number of anilines is 2. The van der Waals surface area contributed by atoms with Crippen LogP contribution >= 0.6 is 15.9 Å². The van der Waals surface area contributed by atoms with Crippen LogP contribution < -0.4 is 10.2 Å². The van der Waals surface area contributed by atoms with Gasteiger partial charge >= 0.3 is 6.09 Å². The first-order chi connectivity index (χ1) is 16.2. The number of hydrogen-bond donors (Lipinski definition) is 3. The highest BCUT2D eigenvalue weighted by Gasteiger charge is 2.54. The summed E-state index contributed by atoms with van der Waals surface area (Å²) in [5, 5.41) is 14.4. The molecule has 5 rings (SSSR count). The molecule has 11 heteroatoms. The van der Waals surface area contributed by atoms with E-state index in [4.69, 9.17) is 0 Å². The third kappa shape index (κ3) is 3.24. The highest BCUT2D eigenvalue weighted by molar-refractivity contribution is 9.10. The molecule has 1 aromatic heterocycles. The zero-order valence-electron chi connectivity index (χ0n) is 17.4. The van der Waals surface area contributed by atoms with Gasteiger partial charge in [0.2, 0.25) is 11.7 Å². The second-order valence-corrected chi connectivity index (χ2v) is 8.42. The number of methoxy groups -OCH3 is 1. The number of carbonyl (C=O) groups is 2. The van der Waals surface area contributed by atoms with E-state index in [1.54, 1.807) is 24.3 Å². The number of nitrogens with zero attached hydrogens (tertiary/aromatic N) is 2. The maximum atomic E-state index is 15.1. The number of imidazole rings is 1. The zero-order valence-corrected chi connectivity index (χ0v) is 19.0. The third-order valence-corrected chi connectivity index (χ3v) is 6.04. The van der Waals surface area contributed by atoms with E-state index in [0.29, 0.717) is 15.5 Å². The Hall–Kier alpha value is -3.83. The lowest BCUT2D eigenvalue weighted by molar-refractivity contribution is 0.0686. The van der Waals surface area contributed by atoms with E-state index in [2.05, 4.69) is 36.0 Å². The van der Waals surface area contributed by atoms with Gasteiger partial charge in [-0.05, 0) is 42.5 Å². The Morgan fingerprint density at radius 1 is 1.18 bits per heavy atom. The molecule has 1 atom stereocenters. The Balaban J connectivity index is 1.74. The van der Waals surface area contributed by atoms with E-state index in [0.717, 1.165) is 17.0 Å². The summed E-state index contributed by atoms with van der Waals surface area (Å²) >= 11 is 3.32. The molecular weight excluding hydrogens is 514 g/mol. The van der Waals surface area contributed by atoms with Gasteiger partial charge in [-0.3, -0.25) is 15.0 Å². The van der Waals surface area contributed by atoms with E-state index < -0.39 is 40.5 Å². The van der Waals surface area contributed by atoms with Crippen LogP contribution in [-0.2, 0) is 10.5 Å². The van der Waals surface area contributed by atoms with Gasteiger partial charge in [-0.2, -0.15) is 0 Å². The summed E-state index contributed by atoms with van der Waals surface area (Å²) in [6.07, 6.45) is -0.744. The molecule has 34 heavy (non-hydrogen) atoms. The second-order valence-electron chi connectivity index (χ2n) is 7.51. The topological polar surface area (TPSA) is 108 Å². The smallest absolute Gasteiger partial charge is 0.413 e. The zero-order chi connectivity index (χ0) is 24.2. The minimum Gasteiger partial charge on any atom is -0.453 e. The predicted molar refractivity (Wildman–Crippen MR) is 122 cm³/mol. The van der Waals surface area contributed by atoms with Gasteiger partial charge < -0.3 is 14.8 Å². The molecule has 0 radical (unpaired) electrons. The number of nitrogens with one attached hydrogen (secondary N) is 2. The van der Waals surface area contributed by atoms with Crippen LogP contribution in [0.15, 0.2) is 59.1 Å². The molecule has 3 N–H and O–H groups in total. The van der Waals surface area contributed by atoms with Crippen molar-refractivity contribution in [1.29, 1.82) is 0 Å². The molecule has 2 amide bonds. The van der Waals surface area contributed by atoms with Gasteiger partial charge in [0.15, 0.2) is 0 Å². The Bertz CT molecular complexity index is 1490. The summed E-state index contributed by atoms with van der Waals surface area (Å²) in [7, 11) is 1.20. The van der Waals surface area contributed by atoms with Gasteiger partial charge in [-0.1, -0.05) is 28.1 Å². The van der Waals surface area contributed by atoms with Crippen LogP contribution in [-0.4, -0.2) is 34.2 Å². The molecule has 1 unspecified atom stereocenters. The minimum absolute atomic E-state index is 0.0739. The molecule has 4 aromatic rings. The lowest BCUT2D eigenvalue weighted by Gasteiger charge is -2.35. The molecule has 2 heterocycles. The van der Waals surface area contributed by atoms with Crippen LogP contribution in [0.2, 0.25) is 0 Å². The van der Waals surface area contributed by atoms with Gasteiger partial charge in [-0.15, -0.1) is 0 Å². The van der Waals surface area contributed by atoms with Crippen LogP contribution in [0.3, 0.4) is 0 Å². The Labute approximate surface area is 199 Å². The minimum atomic E-state index is -2.38. The summed E-state index contributed by atoms with van der Waals surface area (Å²) < 4.78 is 35.0. The number of benzene rings is 3. The molecule has 0 saturated heterocycles. The second kappa shape index (κ2) is 7.89. The first kappa shape index (κ1) is 22.0. The molecule has 0 aliphatic carbocycles. The fourth-order valence-corrected chi connectivity index (χ4v) is 4.49. The number of aromatic amines is 1. The average molecular weight is 529 g/mol. The lowest BCUT2D eigenvalue weighted by atomic mass is 9.92. The number of hydrogen-bond acceptors (Lipinski definition) is 5. The summed E-state index contributed by atoms with van der Waals surface area (Å²) in [6, 6.07) is 12.6. The first-order valence-electron chi connectivity index (χ1n) is 9.90. The Kier molecular flexibility index (Phi) is 5.10. The third-order valence-electron chi connectivity index (χ3n) is 5.55. The number of carbonyl (C=O) groups excluding carboxylic acids is 2. The van der Waals surface area contributed by atoms with Crippen LogP contribution in [0.5, 0.6) is 0 Å². The molecule has 3 aromatic carbocycles. The SMILES string of the molecule is COC(=O)Nc1nc2ccc(C3(O)c4c(F)ccc(F)c4C(=O)N3c3cccc(Br)c3)cc2[nH]1. The highest BCUT2D eigenvalue weighted by atomic mass is 79.9. The molecule has 0 bridgehead atoms. The maximum Gasteiger partial charge on any atom is 0.413 e. The van der Waals surface area contributed by atoms with E-state index in [1.165, 1.54) is 25.3 Å². The molecule has 1 aliphatic heterocycles. The lowest BCUT2D eigenvalue weighted by Crippen LogP contribution is -2.45. The average Bonchev–Trinajstić information content (AvgIpc) is 3.32. The monoisotopic (exact) mass is 528 g/mol. The van der Waals surface area contributed by atoms with Gasteiger partial charge in [0.25, 0.3) is 5.91 Å². The molecule has 0 fully saturated rings. The normalized spacial score (nSPS) is 17.2. The number of aliphatic hydroxyl groups is 1. The molecule has 8 nitrogen and oxygen atoms in total. The fourth-order valence-electron chi connectivity index (χ4n) is 4.10. The summed E-state index contributed by atoms with van der Waals surface area (Å²) in [4.78, 5) is 32.9. The number of halogens is 3. The highest BCUT2D eigenvalue weighted by Crippen LogP contribution is 2.47. The number of amides is 2. The van der Waals surface area contributed by atoms with Crippen molar-refractivity contribution in [3.05, 3.63) is 87.4 Å². The molecule has 0 spiro atoms. The van der Waals surface area contributed by atoms with Crippen molar-refractivity contribution < 1.29 is 28.2 Å². The van der Waals surface area contributed by atoms with Crippen molar-refractivity contribution in [2.45, 2.75) is 5.72 Å². The number of fused-ring (bicyclic) bond motifs is 2.